The minimum atomic E-state index is 0.130. The van der Waals surface area contributed by atoms with Crippen molar-refractivity contribution in [2.24, 2.45) is 7.05 Å². The molecule has 18 heavy (non-hydrogen) atoms. The van der Waals surface area contributed by atoms with Crippen molar-refractivity contribution in [3.8, 4) is 0 Å². The number of likely N-dealkylation sites (tertiary alicyclic amines) is 1. The molecule has 1 atom stereocenters. The Hall–Kier alpha value is -1.58. The summed E-state index contributed by atoms with van der Waals surface area (Å²) < 4.78 is 1.74. The van der Waals surface area contributed by atoms with Gasteiger partial charge in [-0.1, -0.05) is 6.92 Å². The van der Waals surface area contributed by atoms with Gasteiger partial charge in [0, 0.05) is 37.5 Å². The highest BCUT2D eigenvalue weighted by Crippen LogP contribution is 2.19. The molecule has 1 aliphatic rings. The van der Waals surface area contributed by atoms with Crippen LogP contribution >= 0.6 is 0 Å². The zero-order valence-corrected chi connectivity index (χ0v) is 11.2. The summed E-state index contributed by atoms with van der Waals surface area (Å²) in [6.45, 7) is 3.05. The highest BCUT2D eigenvalue weighted by molar-refractivity contribution is 5.92. The molecule has 0 aromatic carbocycles. The lowest BCUT2D eigenvalue weighted by atomic mass is 10.00. The number of carbonyl (C=O) groups excluding carboxylic acids is 1. The predicted molar refractivity (Wildman–Crippen MR) is 71.9 cm³/mol. The maximum Gasteiger partial charge on any atom is 0.246 e. The first kappa shape index (κ1) is 12.9. The van der Waals surface area contributed by atoms with Gasteiger partial charge in [-0.2, -0.15) is 5.10 Å². The maximum absolute atomic E-state index is 12.2. The van der Waals surface area contributed by atoms with E-state index in [1.54, 1.807) is 17.0 Å². The van der Waals surface area contributed by atoms with Crippen molar-refractivity contribution < 1.29 is 4.79 Å². The smallest absolute Gasteiger partial charge is 0.246 e. The number of rotatable bonds is 3. The molecule has 4 nitrogen and oxygen atoms in total. The molecule has 4 heteroatoms. The van der Waals surface area contributed by atoms with Crippen LogP contribution in [-0.2, 0) is 11.8 Å². The molecule has 1 saturated heterocycles. The number of aryl methyl sites for hydroxylation is 1. The van der Waals surface area contributed by atoms with E-state index < -0.39 is 0 Å². The molecule has 2 rings (SSSR count). The molecule has 0 aliphatic carbocycles. The fourth-order valence-corrected chi connectivity index (χ4v) is 2.50. The molecule has 2 heterocycles. The Balaban J connectivity index is 2.00. The van der Waals surface area contributed by atoms with Gasteiger partial charge in [0.15, 0.2) is 0 Å². The summed E-state index contributed by atoms with van der Waals surface area (Å²) in [6.07, 6.45) is 11.7. The van der Waals surface area contributed by atoms with Crippen molar-refractivity contribution >= 4 is 12.0 Å². The van der Waals surface area contributed by atoms with Crippen molar-refractivity contribution in [3.05, 3.63) is 24.0 Å². The van der Waals surface area contributed by atoms with E-state index in [0.717, 1.165) is 31.4 Å². The third-order valence-electron chi connectivity index (χ3n) is 3.52. The second-order valence-electron chi connectivity index (χ2n) is 4.87. The van der Waals surface area contributed by atoms with Crippen LogP contribution in [0.3, 0.4) is 0 Å². The molecular formula is C14H21N3O. The summed E-state index contributed by atoms with van der Waals surface area (Å²) in [5.41, 5.74) is 0.968. The molecule has 1 aliphatic heterocycles. The van der Waals surface area contributed by atoms with Crippen LogP contribution in [0, 0.1) is 0 Å². The van der Waals surface area contributed by atoms with Crippen LogP contribution in [0.15, 0.2) is 18.5 Å². The van der Waals surface area contributed by atoms with Gasteiger partial charge in [-0.3, -0.25) is 9.48 Å². The van der Waals surface area contributed by atoms with Gasteiger partial charge in [0.25, 0.3) is 0 Å². The number of amides is 1. The average molecular weight is 247 g/mol. The molecule has 98 valence electrons. The Morgan fingerprint density at radius 1 is 1.56 bits per heavy atom. The molecule has 0 saturated carbocycles. The number of hydrogen-bond donors (Lipinski definition) is 0. The average Bonchev–Trinajstić information content (AvgIpc) is 2.81. The summed E-state index contributed by atoms with van der Waals surface area (Å²) in [7, 11) is 1.87. The van der Waals surface area contributed by atoms with Crippen LogP contribution in [0.1, 0.15) is 38.2 Å². The van der Waals surface area contributed by atoms with Crippen molar-refractivity contribution in [2.75, 3.05) is 6.54 Å². The Labute approximate surface area is 108 Å². The highest BCUT2D eigenvalue weighted by Gasteiger charge is 2.23. The van der Waals surface area contributed by atoms with Gasteiger partial charge in [0.1, 0.15) is 0 Å². The number of carbonyl (C=O) groups is 1. The Kier molecular flexibility index (Phi) is 4.18. The SMILES string of the molecule is CC[C@H]1CCCCN1C(=O)/C=C/c1cnn(C)c1. The van der Waals surface area contributed by atoms with Gasteiger partial charge in [0.05, 0.1) is 6.20 Å². The van der Waals surface area contributed by atoms with E-state index >= 15 is 0 Å². The van der Waals surface area contributed by atoms with E-state index in [-0.39, 0.29) is 5.91 Å². The summed E-state index contributed by atoms with van der Waals surface area (Å²) >= 11 is 0. The van der Waals surface area contributed by atoms with Crippen LogP contribution in [0.2, 0.25) is 0 Å². The first-order valence-electron chi connectivity index (χ1n) is 6.68. The van der Waals surface area contributed by atoms with Crippen molar-refractivity contribution in [2.45, 2.75) is 38.6 Å². The minimum absolute atomic E-state index is 0.130. The lowest BCUT2D eigenvalue weighted by Crippen LogP contribution is -2.42. The monoisotopic (exact) mass is 247 g/mol. The largest absolute Gasteiger partial charge is 0.336 e. The molecule has 0 unspecified atom stereocenters. The second kappa shape index (κ2) is 5.85. The summed E-state index contributed by atoms with van der Waals surface area (Å²) in [4.78, 5) is 14.2. The zero-order valence-electron chi connectivity index (χ0n) is 11.2. The Bertz CT molecular complexity index is 436. The Morgan fingerprint density at radius 3 is 3.06 bits per heavy atom. The van der Waals surface area contributed by atoms with Crippen LogP contribution in [-0.4, -0.2) is 33.2 Å². The third kappa shape index (κ3) is 3.00. The van der Waals surface area contributed by atoms with E-state index in [4.69, 9.17) is 0 Å². The quantitative estimate of drug-likeness (QED) is 0.768. The fourth-order valence-electron chi connectivity index (χ4n) is 2.50. The van der Waals surface area contributed by atoms with E-state index in [2.05, 4.69) is 12.0 Å². The maximum atomic E-state index is 12.2. The van der Waals surface area contributed by atoms with Crippen LogP contribution < -0.4 is 0 Å². The molecule has 1 amide bonds. The van der Waals surface area contributed by atoms with E-state index in [1.807, 2.05) is 24.2 Å². The Morgan fingerprint density at radius 2 is 2.39 bits per heavy atom. The molecule has 1 aromatic rings. The van der Waals surface area contributed by atoms with Gasteiger partial charge >= 0.3 is 0 Å². The van der Waals surface area contributed by atoms with E-state index in [9.17, 15) is 4.79 Å². The van der Waals surface area contributed by atoms with Gasteiger partial charge in [-0.05, 0) is 31.8 Å². The molecule has 0 N–H and O–H groups in total. The number of hydrogen-bond acceptors (Lipinski definition) is 2. The van der Waals surface area contributed by atoms with Gasteiger partial charge in [-0.25, -0.2) is 0 Å². The first-order valence-corrected chi connectivity index (χ1v) is 6.68. The van der Waals surface area contributed by atoms with Crippen LogP contribution in [0.25, 0.3) is 6.08 Å². The summed E-state index contributed by atoms with van der Waals surface area (Å²) in [5, 5.41) is 4.08. The van der Waals surface area contributed by atoms with Gasteiger partial charge in [-0.15, -0.1) is 0 Å². The number of piperidine rings is 1. The van der Waals surface area contributed by atoms with Gasteiger partial charge < -0.3 is 4.90 Å². The van der Waals surface area contributed by atoms with E-state index in [0.29, 0.717) is 6.04 Å². The topological polar surface area (TPSA) is 38.1 Å². The molecular weight excluding hydrogens is 226 g/mol. The van der Waals surface area contributed by atoms with Gasteiger partial charge in [0.2, 0.25) is 5.91 Å². The van der Waals surface area contributed by atoms with E-state index in [1.165, 1.54) is 6.42 Å². The second-order valence-corrected chi connectivity index (χ2v) is 4.87. The third-order valence-corrected chi connectivity index (χ3v) is 3.52. The van der Waals surface area contributed by atoms with Crippen molar-refractivity contribution in [1.29, 1.82) is 0 Å². The van der Waals surface area contributed by atoms with Crippen LogP contribution in [0.5, 0.6) is 0 Å². The molecule has 1 aromatic heterocycles. The molecule has 1 fully saturated rings. The minimum Gasteiger partial charge on any atom is -0.336 e. The highest BCUT2D eigenvalue weighted by atomic mass is 16.2. The van der Waals surface area contributed by atoms with Crippen molar-refractivity contribution in [3.63, 3.8) is 0 Å². The summed E-state index contributed by atoms with van der Waals surface area (Å²) in [5.74, 6) is 0.130. The number of nitrogens with zero attached hydrogens (tertiary/aromatic N) is 3. The fraction of sp³-hybridized carbons (Fsp3) is 0.571. The molecule has 0 bridgehead atoms. The zero-order chi connectivity index (χ0) is 13.0. The molecule has 0 radical (unpaired) electrons. The lowest BCUT2D eigenvalue weighted by molar-refractivity contribution is -0.129. The lowest BCUT2D eigenvalue weighted by Gasteiger charge is -2.34. The first-order chi connectivity index (χ1) is 8.70. The predicted octanol–water partition coefficient (Wildman–Crippen LogP) is 2.22. The van der Waals surface area contributed by atoms with Crippen LogP contribution in [0.4, 0.5) is 0 Å². The normalized spacial score (nSPS) is 20.6. The molecule has 0 spiro atoms. The standard InChI is InChI=1S/C14H21N3O/c1-3-13-6-4-5-9-17(13)14(18)8-7-12-10-15-16(2)11-12/h7-8,10-11,13H,3-6,9H2,1-2H3/b8-7+/t13-/m0/s1. The van der Waals surface area contributed by atoms with Crippen molar-refractivity contribution in [1.82, 2.24) is 14.7 Å². The summed E-state index contributed by atoms with van der Waals surface area (Å²) in [6, 6.07) is 0.421. The number of aromatic nitrogens is 2.